The second-order valence-electron chi connectivity index (χ2n) is 8.02. The van der Waals surface area contributed by atoms with Gasteiger partial charge in [0.05, 0.1) is 24.0 Å². The highest BCUT2D eigenvalue weighted by atomic mass is 19.1. The Balaban J connectivity index is 1.57. The fourth-order valence-electron chi connectivity index (χ4n) is 3.23. The van der Waals surface area contributed by atoms with Gasteiger partial charge in [0, 0.05) is 32.0 Å². The van der Waals surface area contributed by atoms with Crippen molar-refractivity contribution in [2.75, 3.05) is 25.0 Å². The highest BCUT2D eigenvalue weighted by Gasteiger charge is 2.25. The first-order valence-electron chi connectivity index (χ1n) is 11.2. The average molecular weight is 463 g/mol. The molecule has 10 heteroatoms. The first kappa shape index (κ1) is 24.5. The number of piperidine rings is 1. The SMILES string of the molecule is CCCOc1ccc(Nc2ncnc(OC3CCN(OC(=O)OC(C)C)CC3)c2C)c(F)c1. The number of hydrogen-bond acceptors (Lipinski definition) is 9. The molecule has 0 aliphatic carbocycles. The molecule has 2 aromatic rings. The van der Waals surface area contributed by atoms with Crippen molar-refractivity contribution < 1.29 is 28.2 Å². The predicted octanol–water partition coefficient (Wildman–Crippen LogP) is 4.78. The summed E-state index contributed by atoms with van der Waals surface area (Å²) < 4.78 is 31.0. The standard InChI is InChI=1S/C23H31FN4O5/c1-5-12-30-18-6-7-20(19(24)13-18)27-21-16(4)22(26-14-25-21)32-17-8-10-28(11-9-17)33-23(29)31-15(2)3/h6-7,13-15,17H,5,8-12H2,1-4H3,(H,25,26,27). The van der Waals surface area contributed by atoms with Gasteiger partial charge in [-0.3, -0.25) is 0 Å². The molecule has 1 aromatic carbocycles. The van der Waals surface area contributed by atoms with Crippen molar-refractivity contribution in [1.82, 2.24) is 15.0 Å². The van der Waals surface area contributed by atoms with E-state index in [0.29, 0.717) is 55.5 Å². The molecule has 2 heterocycles. The van der Waals surface area contributed by atoms with Gasteiger partial charge in [-0.05, 0) is 39.3 Å². The van der Waals surface area contributed by atoms with Crippen LogP contribution in [0.1, 0.15) is 45.6 Å². The summed E-state index contributed by atoms with van der Waals surface area (Å²) in [6.45, 7) is 8.90. The summed E-state index contributed by atoms with van der Waals surface area (Å²) in [7, 11) is 0. The Morgan fingerprint density at radius 3 is 2.70 bits per heavy atom. The lowest BCUT2D eigenvalue weighted by Gasteiger charge is -2.30. The van der Waals surface area contributed by atoms with Crippen LogP contribution in [-0.4, -0.2) is 53.1 Å². The van der Waals surface area contributed by atoms with Crippen LogP contribution >= 0.6 is 0 Å². The Morgan fingerprint density at radius 2 is 2.03 bits per heavy atom. The van der Waals surface area contributed by atoms with Gasteiger partial charge in [0.2, 0.25) is 5.88 Å². The van der Waals surface area contributed by atoms with Gasteiger partial charge in [-0.2, -0.15) is 0 Å². The quantitative estimate of drug-likeness (QED) is 0.528. The van der Waals surface area contributed by atoms with Gasteiger partial charge in [0.25, 0.3) is 0 Å². The third-order valence-corrected chi connectivity index (χ3v) is 4.92. The normalized spacial score (nSPS) is 14.7. The number of nitrogens with one attached hydrogen (secondary N) is 1. The van der Waals surface area contributed by atoms with Crippen LogP contribution in [0.15, 0.2) is 24.5 Å². The lowest BCUT2D eigenvalue weighted by molar-refractivity contribution is -0.151. The minimum atomic E-state index is -0.705. The molecule has 0 radical (unpaired) electrons. The second-order valence-corrected chi connectivity index (χ2v) is 8.02. The van der Waals surface area contributed by atoms with Crippen LogP contribution in [0.25, 0.3) is 0 Å². The van der Waals surface area contributed by atoms with E-state index in [1.54, 1.807) is 31.0 Å². The number of nitrogens with zero attached hydrogens (tertiary/aromatic N) is 3. The Kier molecular flexibility index (Phi) is 8.65. The van der Waals surface area contributed by atoms with Gasteiger partial charge < -0.3 is 24.4 Å². The molecule has 0 amide bonds. The Labute approximate surface area is 193 Å². The van der Waals surface area contributed by atoms with E-state index in [-0.39, 0.29) is 17.9 Å². The van der Waals surface area contributed by atoms with Crippen LogP contribution in [0.2, 0.25) is 0 Å². The van der Waals surface area contributed by atoms with Crippen LogP contribution in [-0.2, 0) is 9.57 Å². The van der Waals surface area contributed by atoms with Crippen LogP contribution in [0.4, 0.5) is 20.7 Å². The molecule has 1 saturated heterocycles. The lowest BCUT2D eigenvalue weighted by Crippen LogP contribution is -2.40. The van der Waals surface area contributed by atoms with Crippen molar-refractivity contribution in [2.45, 2.75) is 59.2 Å². The van der Waals surface area contributed by atoms with Gasteiger partial charge >= 0.3 is 6.16 Å². The van der Waals surface area contributed by atoms with E-state index in [0.717, 1.165) is 6.42 Å². The molecule has 0 spiro atoms. The van der Waals surface area contributed by atoms with Crippen molar-refractivity contribution >= 4 is 17.7 Å². The van der Waals surface area contributed by atoms with Crippen LogP contribution in [0.3, 0.4) is 0 Å². The Bertz CT molecular complexity index is 935. The number of carbonyl (C=O) groups is 1. The van der Waals surface area contributed by atoms with Crippen molar-refractivity contribution in [2.24, 2.45) is 0 Å². The Morgan fingerprint density at radius 1 is 1.27 bits per heavy atom. The molecule has 180 valence electrons. The number of hydrogen-bond donors (Lipinski definition) is 1. The number of carbonyl (C=O) groups excluding carboxylic acids is 1. The third kappa shape index (κ3) is 7.18. The topological polar surface area (TPSA) is 95.0 Å². The van der Waals surface area contributed by atoms with Crippen LogP contribution in [0.5, 0.6) is 11.6 Å². The highest BCUT2D eigenvalue weighted by molar-refractivity contribution is 5.62. The van der Waals surface area contributed by atoms with Crippen LogP contribution in [0, 0.1) is 12.7 Å². The van der Waals surface area contributed by atoms with Gasteiger partial charge in [-0.25, -0.2) is 19.2 Å². The summed E-state index contributed by atoms with van der Waals surface area (Å²) in [5, 5.41) is 4.57. The summed E-state index contributed by atoms with van der Waals surface area (Å²) in [4.78, 5) is 25.3. The maximum absolute atomic E-state index is 14.5. The number of halogens is 1. The van der Waals surface area contributed by atoms with Crippen LogP contribution < -0.4 is 14.8 Å². The predicted molar refractivity (Wildman–Crippen MR) is 120 cm³/mol. The average Bonchev–Trinajstić information content (AvgIpc) is 2.77. The first-order valence-corrected chi connectivity index (χ1v) is 11.2. The molecular weight excluding hydrogens is 431 g/mol. The number of hydroxylamine groups is 2. The molecular formula is C23H31FN4O5. The van der Waals surface area contributed by atoms with E-state index >= 15 is 0 Å². The molecule has 0 unspecified atom stereocenters. The molecule has 1 aliphatic rings. The molecule has 0 saturated carbocycles. The maximum atomic E-state index is 14.5. The van der Waals surface area contributed by atoms with E-state index in [2.05, 4.69) is 15.3 Å². The zero-order valence-electron chi connectivity index (χ0n) is 19.5. The van der Waals surface area contributed by atoms with Crippen molar-refractivity contribution in [3.8, 4) is 11.6 Å². The fraction of sp³-hybridized carbons (Fsp3) is 0.522. The summed E-state index contributed by atoms with van der Waals surface area (Å²) in [6.07, 6.45) is 2.48. The van der Waals surface area contributed by atoms with E-state index in [1.807, 2.05) is 13.8 Å². The Hall–Kier alpha value is -3.14. The third-order valence-electron chi connectivity index (χ3n) is 4.92. The second kappa shape index (κ2) is 11.6. The monoisotopic (exact) mass is 462 g/mol. The number of benzene rings is 1. The van der Waals surface area contributed by atoms with E-state index < -0.39 is 12.0 Å². The smallest absolute Gasteiger partial charge is 0.493 e. The summed E-state index contributed by atoms with van der Waals surface area (Å²) in [6, 6.07) is 4.67. The maximum Gasteiger partial charge on any atom is 0.528 e. The molecule has 1 aliphatic heterocycles. The number of anilines is 2. The molecule has 0 bridgehead atoms. The molecule has 3 rings (SSSR count). The first-order chi connectivity index (χ1) is 15.9. The van der Waals surface area contributed by atoms with Gasteiger partial charge in [0.1, 0.15) is 29.8 Å². The fourth-order valence-corrected chi connectivity index (χ4v) is 3.23. The zero-order chi connectivity index (χ0) is 23.8. The number of rotatable bonds is 9. The highest BCUT2D eigenvalue weighted by Crippen LogP contribution is 2.29. The molecule has 1 aromatic heterocycles. The minimum Gasteiger partial charge on any atom is -0.493 e. The summed E-state index contributed by atoms with van der Waals surface area (Å²) >= 11 is 0. The number of aromatic nitrogens is 2. The zero-order valence-corrected chi connectivity index (χ0v) is 19.5. The molecule has 33 heavy (non-hydrogen) atoms. The van der Waals surface area contributed by atoms with Gasteiger partial charge in [-0.15, -0.1) is 5.06 Å². The molecule has 1 N–H and O–H groups in total. The molecule has 1 fully saturated rings. The van der Waals surface area contributed by atoms with Crippen molar-refractivity contribution in [3.05, 3.63) is 35.9 Å². The summed E-state index contributed by atoms with van der Waals surface area (Å²) in [5.41, 5.74) is 0.952. The van der Waals surface area contributed by atoms with E-state index in [1.165, 1.54) is 12.4 Å². The van der Waals surface area contributed by atoms with E-state index in [9.17, 15) is 9.18 Å². The minimum absolute atomic E-state index is 0.0980. The van der Waals surface area contributed by atoms with Gasteiger partial charge in [-0.1, -0.05) is 6.92 Å². The van der Waals surface area contributed by atoms with E-state index in [4.69, 9.17) is 19.0 Å². The van der Waals surface area contributed by atoms with Crippen molar-refractivity contribution in [3.63, 3.8) is 0 Å². The molecule has 9 nitrogen and oxygen atoms in total. The largest absolute Gasteiger partial charge is 0.528 e. The molecule has 0 atom stereocenters. The van der Waals surface area contributed by atoms with Gasteiger partial charge in [0.15, 0.2) is 0 Å². The number of ether oxygens (including phenoxy) is 3. The van der Waals surface area contributed by atoms with Crippen molar-refractivity contribution in [1.29, 1.82) is 0 Å². The lowest BCUT2D eigenvalue weighted by atomic mass is 10.1. The summed E-state index contributed by atoms with van der Waals surface area (Å²) in [5.74, 6) is 0.927.